The fourth-order valence-electron chi connectivity index (χ4n) is 2.84. The normalized spacial score (nSPS) is 11.7. The van der Waals surface area contributed by atoms with Crippen molar-refractivity contribution >= 4 is 17.7 Å². The average Bonchev–Trinajstić information content (AvgIpc) is 2.72. The van der Waals surface area contributed by atoms with E-state index in [4.69, 9.17) is 4.74 Å². The molecule has 1 atom stereocenters. The Hall–Kier alpha value is -3.06. The number of thioether (sulfide) groups is 1. The first-order valence-corrected chi connectivity index (χ1v) is 10.2. The number of ether oxygens (including phenoxy) is 1. The second kappa shape index (κ2) is 9.93. The van der Waals surface area contributed by atoms with Gasteiger partial charge < -0.3 is 15.0 Å². The van der Waals surface area contributed by atoms with E-state index in [-0.39, 0.29) is 23.9 Å². The third-order valence-corrected chi connectivity index (χ3v) is 5.25. The molecule has 6 nitrogen and oxygen atoms in total. The van der Waals surface area contributed by atoms with E-state index in [0.29, 0.717) is 16.6 Å². The summed E-state index contributed by atoms with van der Waals surface area (Å²) in [6.45, 7) is 1.92. The molecule has 0 saturated heterocycles. The van der Waals surface area contributed by atoms with Gasteiger partial charge in [-0.25, -0.2) is 4.98 Å². The number of carbonyl (C=O) groups is 1. The molecule has 2 N–H and O–H groups in total. The zero-order chi connectivity index (χ0) is 20.6. The highest BCUT2D eigenvalue weighted by Gasteiger charge is 2.12. The van der Waals surface area contributed by atoms with E-state index >= 15 is 0 Å². The number of nitrogens with one attached hydrogen (secondary N) is 2. The van der Waals surface area contributed by atoms with Gasteiger partial charge in [-0.2, -0.15) is 0 Å². The van der Waals surface area contributed by atoms with Crippen molar-refractivity contribution < 1.29 is 9.53 Å². The maximum absolute atomic E-state index is 12.4. The summed E-state index contributed by atoms with van der Waals surface area (Å²) < 4.78 is 5.23. The van der Waals surface area contributed by atoms with Crippen LogP contribution >= 0.6 is 11.8 Å². The fraction of sp³-hybridized carbons (Fsp3) is 0.227. The summed E-state index contributed by atoms with van der Waals surface area (Å²) in [6, 6.07) is 18.7. The van der Waals surface area contributed by atoms with Crippen LogP contribution in [0.25, 0.3) is 0 Å². The third-order valence-electron chi connectivity index (χ3n) is 4.30. The van der Waals surface area contributed by atoms with Gasteiger partial charge in [0.1, 0.15) is 5.75 Å². The molecule has 0 radical (unpaired) electrons. The Balaban J connectivity index is 1.62. The van der Waals surface area contributed by atoms with Crippen molar-refractivity contribution in [1.29, 1.82) is 0 Å². The van der Waals surface area contributed by atoms with E-state index < -0.39 is 0 Å². The molecule has 0 saturated carbocycles. The van der Waals surface area contributed by atoms with E-state index in [1.165, 1.54) is 17.8 Å². The van der Waals surface area contributed by atoms with Crippen LogP contribution in [0.15, 0.2) is 70.6 Å². The highest BCUT2D eigenvalue weighted by molar-refractivity contribution is 7.98. The predicted molar refractivity (Wildman–Crippen MR) is 114 cm³/mol. The molecule has 1 heterocycles. The summed E-state index contributed by atoms with van der Waals surface area (Å²) in [5, 5.41) is 3.43. The minimum atomic E-state index is -0.271. The minimum Gasteiger partial charge on any atom is -0.497 e. The lowest BCUT2D eigenvalue weighted by molar-refractivity contribution is -0.121. The Morgan fingerprint density at radius 3 is 2.72 bits per heavy atom. The van der Waals surface area contributed by atoms with Crippen molar-refractivity contribution in [2.75, 3.05) is 7.11 Å². The fourth-order valence-corrected chi connectivity index (χ4v) is 3.68. The summed E-state index contributed by atoms with van der Waals surface area (Å²) in [6.07, 6.45) is 0.0494. The van der Waals surface area contributed by atoms with Crippen molar-refractivity contribution in [3.05, 3.63) is 87.8 Å². The molecular formula is C22H23N3O3S. The molecular weight excluding hydrogens is 386 g/mol. The molecule has 0 bridgehead atoms. The molecule has 0 spiro atoms. The van der Waals surface area contributed by atoms with Gasteiger partial charge >= 0.3 is 0 Å². The van der Waals surface area contributed by atoms with Crippen LogP contribution < -0.4 is 15.6 Å². The number of aromatic amines is 1. The van der Waals surface area contributed by atoms with Crippen molar-refractivity contribution in [3.63, 3.8) is 0 Å². The van der Waals surface area contributed by atoms with Crippen molar-refractivity contribution in [2.45, 2.75) is 30.3 Å². The smallest absolute Gasteiger partial charge is 0.251 e. The lowest BCUT2D eigenvalue weighted by Gasteiger charge is -2.14. The van der Waals surface area contributed by atoms with E-state index in [1.807, 2.05) is 61.5 Å². The van der Waals surface area contributed by atoms with Crippen LogP contribution in [0.4, 0.5) is 0 Å². The average molecular weight is 410 g/mol. The first-order valence-electron chi connectivity index (χ1n) is 9.24. The highest BCUT2D eigenvalue weighted by Crippen LogP contribution is 2.21. The van der Waals surface area contributed by atoms with Gasteiger partial charge in [-0.05, 0) is 30.2 Å². The predicted octanol–water partition coefficient (Wildman–Crippen LogP) is 3.49. The Kier molecular flexibility index (Phi) is 7.08. The summed E-state index contributed by atoms with van der Waals surface area (Å²) in [7, 11) is 1.62. The molecule has 2 aromatic carbocycles. The highest BCUT2D eigenvalue weighted by atomic mass is 32.2. The maximum atomic E-state index is 12.4. The molecule has 0 unspecified atom stereocenters. The molecule has 150 valence electrons. The quantitative estimate of drug-likeness (QED) is 0.439. The Bertz CT molecular complexity index is 1020. The van der Waals surface area contributed by atoms with E-state index in [1.54, 1.807) is 7.11 Å². The number of rotatable bonds is 8. The van der Waals surface area contributed by atoms with Crippen molar-refractivity contribution in [1.82, 2.24) is 15.3 Å². The summed E-state index contributed by atoms with van der Waals surface area (Å²) in [5.74, 6) is 1.23. The van der Waals surface area contributed by atoms with Gasteiger partial charge in [-0.1, -0.05) is 54.2 Å². The third kappa shape index (κ3) is 6.22. The number of benzene rings is 2. The number of H-pyrrole nitrogens is 1. The second-order valence-corrected chi connectivity index (χ2v) is 7.52. The number of methoxy groups -OCH3 is 1. The standard InChI is InChI=1S/C22H23N3O3S/c1-15(17-8-4-3-5-9-17)23-20(26)12-18-13-21(27)25-22(24-18)29-14-16-7-6-10-19(11-16)28-2/h3-11,13,15H,12,14H2,1-2H3,(H,23,26)(H,24,25,27)/t15-/m0/s1. The number of nitrogens with zero attached hydrogens (tertiary/aromatic N) is 1. The van der Waals surface area contributed by atoms with Crippen LogP contribution in [0.3, 0.4) is 0 Å². The van der Waals surface area contributed by atoms with Crippen LogP contribution in [0.5, 0.6) is 5.75 Å². The van der Waals surface area contributed by atoms with Gasteiger partial charge in [0.2, 0.25) is 5.91 Å². The Morgan fingerprint density at radius 1 is 1.17 bits per heavy atom. The molecule has 29 heavy (non-hydrogen) atoms. The molecule has 3 rings (SSSR count). The topological polar surface area (TPSA) is 84.1 Å². The van der Waals surface area contributed by atoms with Gasteiger partial charge in [0.05, 0.1) is 25.3 Å². The lowest BCUT2D eigenvalue weighted by Crippen LogP contribution is -2.29. The number of hydrogen-bond donors (Lipinski definition) is 2. The van der Waals surface area contributed by atoms with Gasteiger partial charge in [-0.15, -0.1) is 0 Å². The van der Waals surface area contributed by atoms with Crippen LogP contribution in [-0.2, 0) is 17.0 Å². The molecule has 0 fully saturated rings. The molecule has 1 amide bonds. The number of amides is 1. The Labute approximate surface area is 173 Å². The molecule has 1 aromatic heterocycles. The Morgan fingerprint density at radius 2 is 1.97 bits per heavy atom. The zero-order valence-electron chi connectivity index (χ0n) is 16.3. The van der Waals surface area contributed by atoms with E-state index in [0.717, 1.165) is 16.9 Å². The largest absolute Gasteiger partial charge is 0.497 e. The summed E-state index contributed by atoms with van der Waals surface area (Å²) >= 11 is 1.40. The van der Waals surface area contributed by atoms with Crippen LogP contribution in [0.1, 0.15) is 29.8 Å². The lowest BCUT2D eigenvalue weighted by atomic mass is 10.1. The molecule has 0 aliphatic heterocycles. The first kappa shape index (κ1) is 20.7. The molecule has 0 aliphatic carbocycles. The second-order valence-electron chi connectivity index (χ2n) is 6.56. The number of aromatic nitrogens is 2. The van der Waals surface area contributed by atoms with Crippen molar-refractivity contribution in [3.8, 4) is 5.75 Å². The van der Waals surface area contributed by atoms with Gasteiger partial charge in [0.15, 0.2) is 5.16 Å². The minimum absolute atomic E-state index is 0.0494. The summed E-state index contributed by atoms with van der Waals surface area (Å²) in [5.41, 5.74) is 2.25. The SMILES string of the molecule is COc1cccc(CSc2nc(CC(=O)N[C@@H](C)c3ccccc3)cc(=O)[nH]2)c1. The van der Waals surface area contributed by atoms with Crippen LogP contribution in [0, 0.1) is 0 Å². The first-order chi connectivity index (χ1) is 14.0. The van der Waals surface area contributed by atoms with Gasteiger partial charge in [0.25, 0.3) is 5.56 Å². The van der Waals surface area contributed by atoms with E-state index in [9.17, 15) is 9.59 Å². The monoisotopic (exact) mass is 409 g/mol. The zero-order valence-corrected chi connectivity index (χ0v) is 17.2. The van der Waals surface area contributed by atoms with Crippen LogP contribution in [-0.4, -0.2) is 23.0 Å². The molecule has 3 aromatic rings. The van der Waals surface area contributed by atoms with Crippen molar-refractivity contribution in [2.24, 2.45) is 0 Å². The van der Waals surface area contributed by atoms with Crippen LogP contribution in [0.2, 0.25) is 0 Å². The number of hydrogen-bond acceptors (Lipinski definition) is 5. The van der Waals surface area contributed by atoms with Gasteiger partial charge in [-0.3, -0.25) is 9.59 Å². The van der Waals surface area contributed by atoms with E-state index in [2.05, 4.69) is 15.3 Å². The maximum Gasteiger partial charge on any atom is 0.251 e. The molecule has 7 heteroatoms. The summed E-state index contributed by atoms with van der Waals surface area (Å²) in [4.78, 5) is 31.5. The van der Waals surface area contributed by atoms with Gasteiger partial charge in [0, 0.05) is 11.8 Å². The molecule has 0 aliphatic rings. The number of carbonyl (C=O) groups excluding carboxylic acids is 1.